The van der Waals surface area contributed by atoms with E-state index in [1.807, 2.05) is 6.92 Å². The summed E-state index contributed by atoms with van der Waals surface area (Å²) in [5.41, 5.74) is 5.66. The van der Waals surface area contributed by atoms with Gasteiger partial charge in [0.1, 0.15) is 0 Å². The van der Waals surface area contributed by atoms with Crippen LogP contribution in [-0.2, 0) is 4.79 Å². The fourth-order valence-corrected chi connectivity index (χ4v) is 1.03. The maximum absolute atomic E-state index is 11.4. The first-order chi connectivity index (χ1) is 6.61. The Morgan fingerprint density at radius 3 is 2.71 bits per heavy atom. The van der Waals surface area contributed by atoms with E-state index in [2.05, 4.69) is 12.2 Å². The highest BCUT2D eigenvalue weighted by Gasteiger charge is 2.12. The van der Waals surface area contributed by atoms with Crippen molar-refractivity contribution in [3.63, 3.8) is 0 Å². The Labute approximate surface area is 85.9 Å². The van der Waals surface area contributed by atoms with Gasteiger partial charge in [-0.2, -0.15) is 0 Å². The van der Waals surface area contributed by atoms with E-state index in [0.717, 1.165) is 19.3 Å². The second kappa shape index (κ2) is 7.76. The Morgan fingerprint density at radius 2 is 2.21 bits per heavy atom. The number of carbonyl (C=O) groups is 1. The molecule has 0 bridgehead atoms. The lowest BCUT2D eigenvalue weighted by Gasteiger charge is -2.13. The van der Waals surface area contributed by atoms with Crippen molar-refractivity contribution in [2.45, 2.75) is 39.2 Å². The molecular formula is C10H22N2O2. The molecule has 0 spiro atoms. The highest BCUT2D eigenvalue weighted by molar-refractivity contribution is 5.81. The molecule has 0 heterocycles. The number of aliphatic hydroxyl groups is 1. The van der Waals surface area contributed by atoms with E-state index in [1.165, 1.54) is 0 Å². The number of hydrogen-bond donors (Lipinski definition) is 3. The van der Waals surface area contributed by atoms with E-state index < -0.39 is 6.04 Å². The minimum absolute atomic E-state index is 0.0878. The van der Waals surface area contributed by atoms with Gasteiger partial charge < -0.3 is 16.2 Å². The third kappa shape index (κ3) is 5.94. The molecule has 0 aromatic heterocycles. The molecule has 4 nitrogen and oxygen atoms in total. The van der Waals surface area contributed by atoms with Crippen LogP contribution in [0.5, 0.6) is 0 Å². The lowest BCUT2D eigenvalue weighted by molar-refractivity contribution is -0.122. The van der Waals surface area contributed by atoms with Crippen molar-refractivity contribution in [3.8, 4) is 0 Å². The summed E-state index contributed by atoms with van der Waals surface area (Å²) in [5.74, 6) is -0.0175. The van der Waals surface area contributed by atoms with Crippen LogP contribution >= 0.6 is 0 Å². The molecule has 1 unspecified atom stereocenters. The number of aliphatic hydroxyl groups excluding tert-OH is 1. The molecule has 84 valence electrons. The van der Waals surface area contributed by atoms with Gasteiger partial charge in [0, 0.05) is 13.2 Å². The number of nitrogens with one attached hydrogen (secondary N) is 1. The molecule has 4 N–H and O–H groups in total. The molecule has 2 atom stereocenters. The van der Waals surface area contributed by atoms with Crippen molar-refractivity contribution in [3.05, 3.63) is 0 Å². The van der Waals surface area contributed by atoms with Crippen LogP contribution in [0.4, 0.5) is 0 Å². The second-order valence-corrected chi connectivity index (χ2v) is 3.78. The van der Waals surface area contributed by atoms with Crippen LogP contribution in [0.2, 0.25) is 0 Å². The zero-order valence-corrected chi connectivity index (χ0v) is 9.12. The number of carbonyl (C=O) groups excluding carboxylic acids is 1. The lowest BCUT2D eigenvalue weighted by atomic mass is 10.1. The monoisotopic (exact) mass is 202 g/mol. The molecule has 0 saturated heterocycles. The van der Waals surface area contributed by atoms with E-state index in [4.69, 9.17) is 10.8 Å². The molecule has 0 aliphatic carbocycles. The normalized spacial score (nSPS) is 14.9. The molecule has 0 rings (SSSR count). The molecule has 0 aromatic rings. The summed E-state index contributed by atoms with van der Waals surface area (Å²) in [7, 11) is 0. The van der Waals surface area contributed by atoms with Crippen LogP contribution in [0.3, 0.4) is 0 Å². The molecule has 4 heteroatoms. The highest BCUT2D eigenvalue weighted by Crippen LogP contribution is 1.98. The van der Waals surface area contributed by atoms with Crippen LogP contribution < -0.4 is 11.1 Å². The van der Waals surface area contributed by atoms with Gasteiger partial charge in [-0.1, -0.05) is 26.7 Å². The van der Waals surface area contributed by atoms with Gasteiger partial charge in [-0.15, -0.1) is 0 Å². The largest absolute Gasteiger partial charge is 0.396 e. The lowest BCUT2D eigenvalue weighted by Crippen LogP contribution is -2.42. The van der Waals surface area contributed by atoms with Crippen LogP contribution in [0, 0.1) is 5.92 Å². The Hall–Kier alpha value is -0.610. The van der Waals surface area contributed by atoms with Gasteiger partial charge in [0.15, 0.2) is 0 Å². The Bertz CT molecular complexity index is 162. The van der Waals surface area contributed by atoms with Gasteiger partial charge in [0.05, 0.1) is 6.04 Å². The fourth-order valence-electron chi connectivity index (χ4n) is 1.03. The van der Waals surface area contributed by atoms with Crippen molar-refractivity contribution < 1.29 is 9.90 Å². The van der Waals surface area contributed by atoms with Crippen LogP contribution in [-0.4, -0.2) is 30.2 Å². The maximum atomic E-state index is 11.4. The topological polar surface area (TPSA) is 75.4 Å². The molecule has 0 fully saturated rings. The van der Waals surface area contributed by atoms with Gasteiger partial charge in [0.25, 0.3) is 0 Å². The number of nitrogens with two attached hydrogens (primary N) is 1. The van der Waals surface area contributed by atoms with Gasteiger partial charge >= 0.3 is 0 Å². The second-order valence-electron chi connectivity index (χ2n) is 3.78. The summed E-state index contributed by atoms with van der Waals surface area (Å²) in [6.07, 6.45) is 2.76. The summed E-state index contributed by atoms with van der Waals surface area (Å²) in [6.45, 7) is 4.52. The number of unbranched alkanes of at least 4 members (excludes halogenated alkanes) is 1. The van der Waals surface area contributed by atoms with E-state index in [0.29, 0.717) is 6.54 Å². The predicted molar refractivity (Wildman–Crippen MR) is 56.8 cm³/mol. The minimum atomic E-state index is -0.402. The van der Waals surface area contributed by atoms with Crippen LogP contribution in [0.15, 0.2) is 0 Å². The molecule has 0 radical (unpaired) electrons. The van der Waals surface area contributed by atoms with Crippen molar-refractivity contribution in [1.82, 2.24) is 5.32 Å². The van der Waals surface area contributed by atoms with Gasteiger partial charge in [-0.05, 0) is 12.3 Å². The first-order valence-electron chi connectivity index (χ1n) is 5.26. The van der Waals surface area contributed by atoms with Gasteiger partial charge in [-0.3, -0.25) is 4.79 Å². The first kappa shape index (κ1) is 13.4. The Morgan fingerprint density at radius 1 is 1.57 bits per heavy atom. The summed E-state index contributed by atoms with van der Waals surface area (Å²) in [4.78, 5) is 11.4. The predicted octanol–water partition coefficient (Wildman–Crippen LogP) is 0.249. The maximum Gasteiger partial charge on any atom is 0.236 e. The van der Waals surface area contributed by atoms with E-state index in [1.54, 1.807) is 0 Å². The van der Waals surface area contributed by atoms with Gasteiger partial charge in [-0.25, -0.2) is 0 Å². The first-order valence-corrected chi connectivity index (χ1v) is 5.26. The molecule has 14 heavy (non-hydrogen) atoms. The average molecular weight is 202 g/mol. The summed E-state index contributed by atoms with van der Waals surface area (Å²) in [5, 5.41) is 11.5. The zero-order chi connectivity index (χ0) is 11.0. The summed E-state index contributed by atoms with van der Waals surface area (Å²) < 4.78 is 0. The highest BCUT2D eigenvalue weighted by atomic mass is 16.3. The van der Waals surface area contributed by atoms with Crippen LogP contribution in [0.1, 0.15) is 33.1 Å². The average Bonchev–Trinajstić information content (AvgIpc) is 2.21. The fraction of sp³-hybridized carbons (Fsp3) is 0.900. The summed E-state index contributed by atoms with van der Waals surface area (Å²) >= 11 is 0. The van der Waals surface area contributed by atoms with E-state index in [-0.39, 0.29) is 18.4 Å². The molecule has 0 aliphatic rings. The number of rotatable bonds is 7. The van der Waals surface area contributed by atoms with Crippen molar-refractivity contribution >= 4 is 5.91 Å². The Kier molecular flexibility index (Phi) is 7.42. The summed E-state index contributed by atoms with van der Waals surface area (Å²) in [6, 6.07) is -0.402. The molecule has 0 aromatic carbocycles. The third-order valence-electron chi connectivity index (χ3n) is 2.14. The van der Waals surface area contributed by atoms with Crippen LogP contribution in [0.25, 0.3) is 0 Å². The van der Waals surface area contributed by atoms with E-state index >= 15 is 0 Å². The third-order valence-corrected chi connectivity index (χ3v) is 2.14. The standard InChI is InChI=1S/C10H22N2O2/c1-3-4-5-9(11)10(14)12-6-8(2)7-13/h8-9,13H,3-7,11H2,1-2H3,(H,12,14)/t8?,9-/m0/s1. The SMILES string of the molecule is CCCC[C@H](N)C(=O)NCC(C)CO. The van der Waals surface area contributed by atoms with E-state index in [9.17, 15) is 4.79 Å². The Balaban J connectivity index is 3.61. The quantitative estimate of drug-likeness (QED) is 0.554. The van der Waals surface area contributed by atoms with Gasteiger partial charge in [0.2, 0.25) is 5.91 Å². The van der Waals surface area contributed by atoms with Crippen molar-refractivity contribution in [2.75, 3.05) is 13.2 Å². The zero-order valence-electron chi connectivity index (χ0n) is 9.12. The van der Waals surface area contributed by atoms with Crippen molar-refractivity contribution in [1.29, 1.82) is 0 Å². The van der Waals surface area contributed by atoms with Crippen molar-refractivity contribution in [2.24, 2.45) is 11.7 Å². The smallest absolute Gasteiger partial charge is 0.236 e. The molecule has 0 aliphatic heterocycles. The molecular weight excluding hydrogens is 180 g/mol. The molecule has 1 amide bonds. The minimum Gasteiger partial charge on any atom is -0.396 e. The number of amides is 1. The number of hydrogen-bond acceptors (Lipinski definition) is 3. The molecule has 0 saturated carbocycles.